The molecule has 22 heavy (non-hydrogen) atoms. The first-order valence-corrected chi connectivity index (χ1v) is 7.04. The van der Waals surface area contributed by atoms with Crippen LogP contribution in [0.15, 0.2) is 29.6 Å². The fourth-order valence-electron chi connectivity index (χ4n) is 2.40. The minimum absolute atomic E-state index is 0.0470. The molecule has 0 spiro atoms. The molecule has 2 aromatic heterocycles. The van der Waals surface area contributed by atoms with Crippen molar-refractivity contribution in [2.24, 2.45) is 7.05 Å². The number of anilines is 1. The van der Waals surface area contributed by atoms with Gasteiger partial charge >= 0.3 is 6.01 Å². The van der Waals surface area contributed by atoms with E-state index in [1.807, 2.05) is 4.90 Å². The number of ether oxygens (including phenoxy) is 1. The van der Waals surface area contributed by atoms with E-state index in [1.54, 1.807) is 19.4 Å². The zero-order valence-corrected chi connectivity index (χ0v) is 12.1. The Bertz CT molecular complexity index is 695. The van der Waals surface area contributed by atoms with Crippen molar-refractivity contribution < 1.29 is 9.13 Å². The second-order valence-corrected chi connectivity index (χ2v) is 5.16. The Hall–Kier alpha value is -2.51. The van der Waals surface area contributed by atoms with E-state index in [1.165, 1.54) is 4.57 Å². The molecule has 0 saturated carbocycles. The van der Waals surface area contributed by atoms with Gasteiger partial charge in [-0.05, 0) is 0 Å². The second-order valence-electron chi connectivity index (χ2n) is 5.16. The van der Waals surface area contributed by atoms with Crippen LogP contribution in [0.2, 0.25) is 0 Å². The van der Waals surface area contributed by atoms with Crippen molar-refractivity contribution in [3.05, 3.63) is 41.0 Å². The van der Waals surface area contributed by atoms with E-state index in [-0.39, 0.29) is 17.7 Å². The van der Waals surface area contributed by atoms with Gasteiger partial charge in [-0.15, -0.1) is 0 Å². The van der Waals surface area contributed by atoms with Crippen LogP contribution in [0.3, 0.4) is 0 Å². The van der Waals surface area contributed by atoms with Gasteiger partial charge in [-0.25, -0.2) is 19.3 Å². The van der Waals surface area contributed by atoms with E-state index < -0.39 is 5.82 Å². The zero-order chi connectivity index (χ0) is 15.5. The van der Waals surface area contributed by atoms with Crippen molar-refractivity contribution in [1.82, 2.24) is 19.5 Å². The van der Waals surface area contributed by atoms with Gasteiger partial charge in [0.1, 0.15) is 6.10 Å². The molecule has 2 aromatic rings. The van der Waals surface area contributed by atoms with Gasteiger partial charge in [0.15, 0.2) is 11.6 Å². The van der Waals surface area contributed by atoms with Crippen LogP contribution in [0.1, 0.15) is 12.8 Å². The minimum Gasteiger partial charge on any atom is -0.460 e. The number of hydrogen-bond donors (Lipinski definition) is 0. The van der Waals surface area contributed by atoms with Crippen molar-refractivity contribution in [3.8, 4) is 6.01 Å². The standard InChI is InChI=1S/C14H16FN5O2/c1-19-7-4-16-12(13(19)21)20-5-2-11(3-6-20)22-14-17-8-10(15)9-18-14/h4,7-9,11H,2-3,5-6H2,1H3. The maximum Gasteiger partial charge on any atom is 0.316 e. The van der Waals surface area contributed by atoms with Crippen LogP contribution in [0.4, 0.5) is 10.2 Å². The lowest BCUT2D eigenvalue weighted by Crippen LogP contribution is -2.42. The molecule has 3 rings (SSSR count). The number of hydrogen-bond acceptors (Lipinski definition) is 6. The van der Waals surface area contributed by atoms with Gasteiger partial charge in [-0.1, -0.05) is 0 Å². The van der Waals surface area contributed by atoms with Gasteiger partial charge in [0.05, 0.1) is 12.4 Å². The van der Waals surface area contributed by atoms with Gasteiger partial charge < -0.3 is 14.2 Å². The molecule has 1 aliphatic rings. The third-order valence-corrected chi connectivity index (χ3v) is 3.61. The first kappa shape index (κ1) is 14.4. The molecule has 0 atom stereocenters. The van der Waals surface area contributed by atoms with Crippen molar-refractivity contribution in [2.75, 3.05) is 18.0 Å². The average molecular weight is 305 g/mol. The predicted octanol–water partition coefficient (Wildman–Crippen LogP) is 0.757. The van der Waals surface area contributed by atoms with Crippen molar-refractivity contribution in [3.63, 3.8) is 0 Å². The molecule has 0 radical (unpaired) electrons. The zero-order valence-electron chi connectivity index (χ0n) is 12.1. The van der Waals surface area contributed by atoms with Crippen LogP contribution in [-0.4, -0.2) is 38.7 Å². The molecule has 8 heteroatoms. The molecule has 1 aliphatic heterocycles. The maximum atomic E-state index is 12.7. The number of rotatable bonds is 3. The highest BCUT2D eigenvalue weighted by Crippen LogP contribution is 2.18. The van der Waals surface area contributed by atoms with Crippen LogP contribution < -0.4 is 15.2 Å². The topological polar surface area (TPSA) is 73.1 Å². The summed E-state index contributed by atoms with van der Waals surface area (Å²) >= 11 is 0. The summed E-state index contributed by atoms with van der Waals surface area (Å²) in [5.41, 5.74) is -0.108. The Morgan fingerprint density at radius 3 is 2.59 bits per heavy atom. The lowest BCUT2D eigenvalue weighted by molar-refractivity contribution is 0.155. The number of aryl methyl sites for hydroxylation is 1. The molecule has 7 nitrogen and oxygen atoms in total. The molecule has 1 fully saturated rings. The molecule has 0 bridgehead atoms. The molecule has 0 aromatic carbocycles. The summed E-state index contributed by atoms with van der Waals surface area (Å²) < 4.78 is 19.9. The van der Waals surface area contributed by atoms with Crippen molar-refractivity contribution in [2.45, 2.75) is 18.9 Å². The van der Waals surface area contributed by atoms with E-state index in [4.69, 9.17) is 4.74 Å². The first-order valence-electron chi connectivity index (χ1n) is 7.04. The molecular weight excluding hydrogens is 289 g/mol. The van der Waals surface area contributed by atoms with E-state index in [0.29, 0.717) is 18.9 Å². The maximum absolute atomic E-state index is 12.7. The van der Waals surface area contributed by atoms with Crippen LogP contribution in [0.25, 0.3) is 0 Å². The average Bonchev–Trinajstić information content (AvgIpc) is 2.53. The smallest absolute Gasteiger partial charge is 0.316 e. The molecule has 116 valence electrons. The summed E-state index contributed by atoms with van der Waals surface area (Å²) in [6.07, 6.45) is 6.80. The second kappa shape index (κ2) is 6.08. The Morgan fingerprint density at radius 2 is 1.91 bits per heavy atom. The van der Waals surface area contributed by atoms with Crippen molar-refractivity contribution in [1.29, 1.82) is 0 Å². The SMILES string of the molecule is Cn1ccnc(N2CCC(Oc3ncc(F)cn3)CC2)c1=O. The predicted molar refractivity (Wildman–Crippen MR) is 77.3 cm³/mol. The summed E-state index contributed by atoms with van der Waals surface area (Å²) in [5, 5.41) is 0. The normalized spacial score (nSPS) is 15.8. The highest BCUT2D eigenvalue weighted by Gasteiger charge is 2.23. The van der Waals surface area contributed by atoms with Gasteiger partial charge in [-0.3, -0.25) is 4.79 Å². The summed E-state index contributed by atoms with van der Waals surface area (Å²) in [4.78, 5) is 25.7. The van der Waals surface area contributed by atoms with E-state index in [9.17, 15) is 9.18 Å². The molecule has 1 saturated heterocycles. The Morgan fingerprint density at radius 1 is 1.23 bits per heavy atom. The Labute approximate surface area is 126 Å². The Kier molecular flexibility index (Phi) is 3.99. The van der Waals surface area contributed by atoms with E-state index in [2.05, 4.69) is 15.0 Å². The van der Waals surface area contributed by atoms with Gasteiger partial charge in [0.2, 0.25) is 0 Å². The first-order chi connectivity index (χ1) is 10.6. The third kappa shape index (κ3) is 3.05. The molecule has 0 unspecified atom stereocenters. The van der Waals surface area contributed by atoms with Gasteiger partial charge in [0, 0.05) is 45.4 Å². The van der Waals surface area contributed by atoms with Gasteiger partial charge in [0.25, 0.3) is 5.56 Å². The fourth-order valence-corrected chi connectivity index (χ4v) is 2.40. The highest BCUT2D eigenvalue weighted by molar-refractivity contribution is 5.36. The number of halogens is 1. The van der Waals surface area contributed by atoms with E-state index >= 15 is 0 Å². The molecule has 3 heterocycles. The lowest BCUT2D eigenvalue weighted by Gasteiger charge is -2.31. The molecule has 0 N–H and O–H groups in total. The molecule has 0 aliphatic carbocycles. The van der Waals surface area contributed by atoms with E-state index in [0.717, 1.165) is 25.2 Å². The van der Waals surface area contributed by atoms with Crippen molar-refractivity contribution >= 4 is 5.82 Å². The largest absolute Gasteiger partial charge is 0.460 e. The van der Waals surface area contributed by atoms with Crippen LogP contribution in [0.5, 0.6) is 6.01 Å². The summed E-state index contributed by atoms with van der Waals surface area (Å²) in [6.45, 7) is 1.33. The quantitative estimate of drug-likeness (QED) is 0.833. The Balaban J connectivity index is 1.61. The lowest BCUT2D eigenvalue weighted by atomic mass is 10.1. The summed E-state index contributed by atoms with van der Waals surface area (Å²) in [6, 6.07) is 0.175. The monoisotopic (exact) mass is 305 g/mol. The summed E-state index contributed by atoms with van der Waals surface area (Å²) in [5.74, 6) is -0.0327. The van der Waals surface area contributed by atoms with Crippen LogP contribution in [0, 0.1) is 5.82 Å². The number of nitrogens with zero attached hydrogens (tertiary/aromatic N) is 5. The van der Waals surface area contributed by atoms with Gasteiger partial charge in [-0.2, -0.15) is 0 Å². The van der Waals surface area contributed by atoms with Crippen LogP contribution in [-0.2, 0) is 7.05 Å². The van der Waals surface area contributed by atoms with Crippen LogP contribution >= 0.6 is 0 Å². The highest BCUT2D eigenvalue weighted by atomic mass is 19.1. The number of piperidine rings is 1. The molecular formula is C14H16FN5O2. The fraction of sp³-hybridized carbons (Fsp3) is 0.429. The molecule has 0 amide bonds. The minimum atomic E-state index is -0.492. The number of aromatic nitrogens is 4. The third-order valence-electron chi connectivity index (χ3n) is 3.61. The summed E-state index contributed by atoms with van der Waals surface area (Å²) in [7, 11) is 1.70.